The van der Waals surface area contributed by atoms with Crippen molar-refractivity contribution in [3.05, 3.63) is 72.1 Å². The number of alkyl halides is 3. The Kier molecular flexibility index (Phi) is 5.71. The van der Waals surface area contributed by atoms with Gasteiger partial charge in [0.05, 0.1) is 17.9 Å². The number of rotatable bonds is 5. The number of benzene rings is 2. The van der Waals surface area contributed by atoms with Crippen molar-refractivity contribution < 1.29 is 22.3 Å². The monoisotopic (exact) mass is 407 g/mol. The van der Waals surface area contributed by atoms with Crippen molar-refractivity contribution in [2.45, 2.75) is 19.8 Å². The molecule has 0 atom stereocenters. The van der Waals surface area contributed by atoms with Gasteiger partial charge in [0.2, 0.25) is 0 Å². The maximum atomic E-state index is 14.4. The Morgan fingerprint density at radius 2 is 2.00 bits per heavy atom. The fourth-order valence-electron chi connectivity index (χ4n) is 2.61. The van der Waals surface area contributed by atoms with Gasteiger partial charge in [0, 0.05) is 12.4 Å². The zero-order chi connectivity index (χ0) is 21.0. The van der Waals surface area contributed by atoms with Crippen LogP contribution in [0.5, 0.6) is 5.75 Å². The molecule has 0 saturated heterocycles. The molecule has 3 N–H and O–H groups in total. The largest absolute Gasteiger partial charge is 0.573 e. The van der Waals surface area contributed by atoms with E-state index in [4.69, 9.17) is 5.73 Å². The molecule has 0 spiro atoms. The number of aryl methyl sites for hydroxylation is 1. The van der Waals surface area contributed by atoms with Gasteiger partial charge in [-0.3, -0.25) is 0 Å². The van der Waals surface area contributed by atoms with E-state index in [-0.39, 0.29) is 18.2 Å². The summed E-state index contributed by atoms with van der Waals surface area (Å²) in [7, 11) is 0. The minimum atomic E-state index is -4.84. The van der Waals surface area contributed by atoms with Crippen LogP contribution in [0.25, 0.3) is 5.69 Å². The van der Waals surface area contributed by atoms with Crippen molar-refractivity contribution in [3.8, 4) is 11.4 Å². The van der Waals surface area contributed by atoms with Crippen LogP contribution in [0.1, 0.15) is 11.4 Å². The number of anilines is 1. The maximum Gasteiger partial charge on any atom is 0.573 e. The SMILES string of the molecule is Cc1nccn1-c1ccc(CN=C(N)Nc2ccccc2OC(F)(F)F)cc1F. The molecule has 6 nitrogen and oxygen atoms in total. The van der Waals surface area contributed by atoms with E-state index in [2.05, 4.69) is 20.0 Å². The van der Waals surface area contributed by atoms with E-state index in [1.807, 2.05) is 0 Å². The van der Waals surface area contributed by atoms with Crippen molar-refractivity contribution in [1.82, 2.24) is 9.55 Å². The van der Waals surface area contributed by atoms with Crippen LogP contribution in [0.3, 0.4) is 0 Å². The van der Waals surface area contributed by atoms with Crippen LogP contribution < -0.4 is 15.8 Å². The first-order valence-electron chi connectivity index (χ1n) is 8.43. The molecule has 1 heterocycles. The Balaban J connectivity index is 1.71. The quantitative estimate of drug-likeness (QED) is 0.379. The maximum absolute atomic E-state index is 14.4. The molecular weight excluding hydrogens is 390 g/mol. The van der Waals surface area contributed by atoms with E-state index in [9.17, 15) is 17.6 Å². The second-order valence-electron chi connectivity index (χ2n) is 6.00. The van der Waals surface area contributed by atoms with Gasteiger partial charge in [0.15, 0.2) is 11.7 Å². The topological polar surface area (TPSA) is 77.5 Å². The fraction of sp³-hybridized carbons (Fsp3) is 0.158. The summed E-state index contributed by atoms with van der Waals surface area (Å²) in [6.07, 6.45) is -1.62. The Morgan fingerprint density at radius 1 is 1.24 bits per heavy atom. The van der Waals surface area contributed by atoms with Crippen LogP contribution in [0.15, 0.2) is 59.9 Å². The molecule has 152 valence electrons. The molecule has 0 aliphatic heterocycles. The zero-order valence-corrected chi connectivity index (χ0v) is 15.2. The molecule has 0 saturated carbocycles. The van der Waals surface area contributed by atoms with Gasteiger partial charge in [-0.25, -0.2) is 14.4 Å². The molecule has 29 heavy (non-hydrogen) atoms. The van der Waals surface area contributed by atoms with Gasteiger partial charge >= 0.3 is 6.36 Å². The molecule has 0 amide bonds. The van der Waals surface area contributed by atoms with Crippen molar-refractivity contribution in [2.75, 3.05) is 5.32 Å². The number of nitrogens with two attached hydrogens (primary N) is 1. The third-order valence-corrected chi connectivity index (χ3v) is 3.90. The number of aliphatic imine (C=N–C) groups is 1. The fourth-order valence-corrected chi connectivity index (χ4v) is 2.61. The highest BCUT2D eigenvalue weighted by atomic mass is 19.4. The Bertz CT molecular complexity index is 1030. The van der Waals surface area contributed by atoms with Crippen LogP contribution in [0.4, 0.5) is 23.2 Å². The predicted octanol–water partition coefficient (Wildman–Crippen LogP) is 4.15. The van der Waals surface area contributed by atoms with E-state index in [0.717, 1.165) is 6.07 Å². The van der Waals surface area contributed by atoms with E-state index < -0.39 is 17.9 Å². The van der Waals surface area contributed by atoms with Crippen molar-refractivity contribution in [2.24, 2.45) is 10.7 Å². The van der Waals surface area contributed by atoms with Gasteiger partial charge < -0.3 is 20.4 Å². The highest BCUT2D eigenvalue weighted by molar-refractivity contribution is 5.93. The van der Waals surface area contributed by atoms with Gasteiger partial charge in [-0.05, 0) is 36.8 Å². The van der Waals surface area contributed by atoms with Crippen molar-refractivity contribution in [3.63, 3.8) is 0 Å². The molecule has 0 fully saturated rings. The molecule has 3 rings (SSSR count). The minimum absolute atomic E-state index is 0.00295. The van der Waals surface area contributed by atoms with E-state index in [0.29, 0.717) is 17.1 Å². The molecule has 0 aliphatic carbocycles. The summed E-state index contributed by atoms with van der Waals surface area (Å²) in [6, 6.07) is 10.0. The molecule has 1 aromatic heterocycles. The lowest BCUT2D eigenvalue weighted by Gasteiger charge is -2.14. The lowest BCUT2D eigenvalue weighted by Crippen LogP contribution is -2.24. The summed E-state index contributed by atoms with van der Waals surface area (Å²) in [4.78, 5) is 8.09. The highest BCUT2D eigenvalue weighted by Crippen LogP contribution is 2.29. The summed E-state index contributed by atoms with van der Waals surface area (Å²) >= 11 is 0. The average molecular weight is 407 g/mol. The normalized spacial score (nSPS) is 12.1. The number of guanidine groups is 1. The standard InChI is InChI=1S/C19H17F4N5O/c1-12-25-8-9-28(12)16-7-6-13(10-14(16)20)11-26-18(24)27-15-4-2-3-5-17(15)29-19(21,22)23/h2-10H,11H2,1H3,(H3,24,26,27). The molecule has 0 aliphatic rings. The van der Waals surface area contributed by atoms with Crippen LogP contribution in [-0.4, -0.2) is 21.9 Å². The third-order valence-electron chi connectivity index (χ3n) is 3.90. The van der Waals surface area contributed by atoms with Gasteiger partial charge in [0.1, 0.15) is 11.6 Å². The number of hydrogen-bond acceptors (Lipinski definition) is 3. The Hall–Kier alpha value is -3.56. The van der Waals surface area contributed by atoms with Gasteiger partial charge in [-0.2, -0.15) is 0 Å². The smallest absolute Gasteiger partial charge is 0.404 e. The summed E-state index contributed by atoms with van der Waals surface area (Å²) in [5, 5.41) is 2.56. The first-order chi connectivity index (χ1) is 13.7. The van der Waals surface area contributed by atoms with E-state index in [1.54, 1.807) is 36.0 Å². The number of aromatic nitrogens is 2. The Morgan fingerprint density at radius 3 is 2.66 bits per heavy atom. The number of ether oxygens (including phenoxy) is 1. The molecule has 10 heteroatoms. The van der Waals surface area contributed by atoms with Crippen LogP contribution >= 0.6 is 0 Å². The number of nitrogens with one attached hydrogen (secondary N) is 1. The number of nitrogens with zero attached hydrogens (tertiary/aromatic N) is 3. The minimum Gasteiger partial charge on any atom is -0.404 e. The molecule has 3 aromatic rings. The van der Waals surface area contributed by atoms with Crippen LogP contribution in [0, 0.1) is 12.7 Å². The second-order valence-corrected chi connectivity index (χ2v) is 6.00. The summed E-state index contributed by atoms with van der Waals surface area (Å²) < 4.78 is 57.4. The predicted molar refractivity (Wildman–Crippen MR) is 100 cm³/mol. The van der Waals surface area contributed by atoms with Crippen LogP contribution in [-0.2, 0) is 6.54 Å². The molecule has 0 bridgehead atoms. The Labute approximate surface area is 163 Å². The number of hydrogen-bond donors (Lipinski definition) is 2. The van der Waals surface area contributed by atoms with Gasteiger partial charge in [0.25, 0.3) is 0 Å². The van der Waals surface area contributed by atoms with Gasteiger partial charge in [-0.15, -0.1) is 13.2 Å². The molecule has 2 aromatic carbocycles. The molecule has 0 unspecified atom stereocenters. The number of imidazole rings is 1. The third kappa shape index (κ3) is 5.24. The van der Waals surface area contributed by atoms with Gasteiger partial charge in [-0.1, -0.05) is 18.2 Å². The first-order valence-corrected chi connectivity index (χ1v) is 8.43. The average Bonchev–Trinajstić information content (AvgIpc) is 3.06. The van der Waals surface area contributed by atoms with E-state index >= 15 is 0 Å². The second kappa shape index (κ2) is 8.21. The molecular formula is C19H17F4N5O. The number of para-hydroxylation sites is 2. The molecule has 0 radical (unpaired) electrons. The summed E-state index contributed by atoms with van der Waals surface area (Å²) in [5.74, 6) is -0.403. The van der Waals surface area contributed by atoms with Crippen LogP contribution in [0.2, 0.25) is 0 Å². The zero-order valence-electron chi connectivity index (χ0n) is 15.2. The lowest BCUT2D eigenvalue weighted by atomic mass is 10.2. The van der Waals surface area contributed by atoms with Crippen molar-refractivity contribution >= 4 is 11.6 Å². The number of halogens is 4. The first kappa shape index (κ1) is 20.2. The van der Waals surface area contributed by atoms with E-state index in [1.165, 1.54) is 24.3 Å². The van der Waals surface area contributed by atoms with Crippen molar-refractivity contribution in [1.29, 1.82) is 0 Å². The summed E-state index contributed by atoms with van der Waals surface area (Å²) in [6.45, 7) is 1.78. The highest BCUT2D eigenvalue weighted by Gasteiger charge is 2.32. The lowest BCUT2D eigenvalue weighted by molar-refractivity contribution is -0.274. The summed E-state index contributed by atoms with van der Waals surface area (Å²) in [5.41, 5.74) is 6.63.